The standard InChI is InChI=1S/C25H19F3N4O3/c1-15-9-18(11-19(10-15)31-24-30-8-6-22(32-24)25(26,27)28)17-4-5-21(20(12-17)23(33)34)35-14-16-3-2-7-29-13-16/h2-13H,14H2,1H3,(H,33,34)(H,30,31,32). The van der Waals surface area contributed by atoms with Gasteiger partial charge in [-0.1, -0.05) is 18.2 Å². The highest BCUT2D eigenvalue weighted by molar-refractivity contribution is 5.93. The largest absolute Gasteiger partial charge is 0.488 e. The normalized spacial score (nSPS) is 11.2. The van der Waals surface area contributed by atoms with Gasteiger partial charge in [0.25, 0.3) is 0 Å². The van der Waals surface area contributed by atoms with Crippen LogP contribution in [0.25, 0.3) is 11.1 Å². The minimum atomic E-state index is -4.59. The highest BCUT2D eigenvalue weighted by atomic mass is 19.4. The van der Waals surface area contributed by atoms with Gasteiger partial charge in [-0.05, 0) is 60.0 Å². The monoisotopic (exact) mass is 480 g/mol. The van der Waals surface area contributed by atoms with Crippen LogP contribution in [0.2, 0.25) is 0 Å². The maximum atomic E-state index is 13.0. The topological polar surface area (TPSA) is 97.2 Å². The number of alkyl halides is 3. The zero-order chi connectivity index (χ0) is 25.0. The Kier molecular flexibility index (Phi) is 6.63. The van der Waals surface area contributed by atoms with Crippen molar-refractivity contribution in [2.75, 3.05) is 5.32 Å². The molecular formula is C25H19F3N4O3. The van der Waals surface area contributed by atoms with Crippen LogP contribution in [0.1, 0.15) is 27.2 Å². The zero-order valence-electron chi connectivity index (χ0n) is 18.4. The molecule has 10 heteroatoms. The summed E-state index contributed by atoms with van der Waals surface area (Å²) in [6.45, 7) is 1.97. The lowest BCUT2D eigenvalue weighted by atomic mass is 10.00. The quantitative estimate of drug-likeness (QED) is 0.341. The molecule has 0 atom stereocenters. The van der Waals surface area contributed by atoms with Crippen molar-refractivity contribution in [2.45, 2.75) is 19.7 Å². The number of nitrogens with one attached hydrogen (secondary N) is 1. The van der Waals surface area contributed by atoms with Crippen LogP contribution in [0, 0.1) is 6.92 Å². The van der Waals surface area contributed by atoms with Gasteiger partial charge in [-0.25, -0.2) is 14.8 Å². The smallest absolute Gasteiger partial charge is 0.433 e. The Labute approximate surface area is 198 Å². The number of rotatable bonds is 7. The van der Waals surface area contributed by atoms with E-state index in [-0.39, 0.29) is 23.9 Å². The van der Waals surface area contributed by atoms with Crippen molar-refractivity contribution in [2.24, 2.45) is 0 Å². The Morgan fingerprint density at radius 3 is 2.60 bits per heavy atom. The maximum Gasteiger partial charge on any atom is 0.433 e. The number of anilines is 2. The zero-order valence-corrected chi connectivity index (χ0v) is 18.4. The molecule has 0 aliphatic rings. The molecular weight excluding hydrogens is 461 g/mol. The Balaban J connectivity index is 1.61. The molecule has 0 saturated carbocycles. The summed E-state index contributed by atoms with van der Waals surface area (Å²) in [6, 6.07) is 14.4. The minimum absolute atomic E-state index is 0.0244. The Hall–Kier alpha value is -4.47. The number of nitrogens with zero attached hydrogens (tertiary/aromatic N) is 3. The molecule has 2 heterocycles. The number of hydrogen-bond acceptors (Lipinski definition) is 6. The van der Waals surface area contributed by atoms with Crippen molar-refractivity contribution in [1.82, 2.24) is 15.0 Å². The van der Waals surface area contributed by atoms with Gasteiger partial charge in [0.1, 0.15) is 23.6 Å². The van der Waals surface area contributed by atoms with Crippen molar-refractivity contribution in [3.8, 4) is 16.9 Å². The molecule has 4 aromatic rings. The van der Waals surface area contributed by atoms with Crippen LogP contribution >= 0.6 is 0 Å². The van der Waals surface area contributed by atoms with Crippen LogP contribution in [-0.4, -0.2) is 26.0 Å². The summed E-state index contributed by atoms with van der Waals surface area (Å²) in [5.74, 6) is -1.16. The number of hydrogen-bond donors (Lipinski definition) is 2. The summed E-state index contributed by atoms with van der Waals surface area (Å²) in [4.78, 5) is 23.3. The molecule has 0 amide bonds. The van der Waals surface area contributed by atoms with Gasteiger partial charge in [0.15, 0.2) is 0 Å². The third-order valence-corrected chi connectivity index (χ3v) is 4.94. The van der Waals surface area contributed by atoms with E-state index < -0.39 is 17.8 Å². The molecule has 2 aromatic heterocycles. The first kappa shape index (κ1) is 23.7. The number of benzene rings is 2. The Morgan fingerprint density at radius 2 is 1.89 bits per heavy atom. The van der Waals surface area contributed by atoms with Gasteiger partial charge in [-0.15, -0.1) is 0 Å². The maximum absolute atomic E-state index is 13.0. The Bertz CT molecular complexity index is 1360. The number of aromatic carboxylic acids is 1. The van der Waals surface area contributed by atoms with E-state index in [9.17, 15) is 23.1 Å². The molecule has 0 spiro atoms. The van der Waals surface area contributed by atoms with E-state index in [0.717, 1.165) is 23.4 Å². The van der Waals surface area contributed by atoms with Gasteiger partial charge in [-0.2, -0.15) is 13.2 Å². The number of halogens is 3. The van der Waals surface area contributed by atoms with Crippen molar-refractivity contribution >= 4 is 17.6 Å². The summed E-state index contributed by atoms with van der Waals surface area (Å²) in [7, 11) is 0. The van der Waals surface area contributed by atoms with Gasteiger partial charge in [-0.3, -0.25) is 4.98 Å². The molecule has 2 N–H and O–H groups in total. The number of aryl methyl sites for hydroxylation is 1. The van der Waals surface area contributed by atoms with Crippen LogP contribution in [0.5, 0.6) is 5.75 Å². The van der Waals surface area contributed by atoms with E-state index in [1.165, 1.54) is 6.07 Å². The summed E-state index contributed by atoms with van der Waals surface area (Å²) in [5.41, 5.74) is 2.20. The molecule has 0 aliphatic heterocycles. The predicted octanol–water partition coefficient (Wildman–Crippen LogP) is 5.89. The average Bonchev–Trinajstić information content (AvgIpc) is 2.82. The molecule has 4 rings (SSSR count). The highest BCUT2D eigenvalue weighted by Gasteiger charge is 2.32. The number of carboxylic acid groups (broad SMARTS) is 1. The number of carbonyl (C=O) groups is 1. The van der Waals surface area contributed by atoms with Crippen molar-refractivity contribution in [3.05, 3.63) is 95.6 Å². The van der Waals surface area contributed by atoms with Crippen molar-refractivity contribution < 1.29 is 27.8 Å². The number of carboxylic acids is 1. The molecule has 0 aliphatic carbocycles. The summed E-state index contributed by atoms with van der Waals surface area (Å²) < 4.78 is 44.6. The summed E-state index contributed by atoms with van der Waals surface area (Å²) >= 11 is 0. The van der Waals surface area contributed by atoms with Crippen LogP contribution in [0.3, 0.4) is 0 Å². The van der Waals surface area contributed by atoms with Crippen LogP contribution in [-0.2, 0) is 12.8 Å². The average molecular weight is 480 g/mol. The van der Waals surface area contributed by atoms with Crippen LogP contribution in [0.4, 0.5) is 24.8 Å². The third-order valence-electron chi connectivity index (χ3n) is 4.94. The Morgan fingerprint density at radius 1 is 1.06 bits per heavy atom. The van der Waals surface area contributed by atoms with Crippen molar-refractivity contribution in [3.63, 3.8) is 0 Å². The highest BCUT2D eigenvalue weighted by Crippen LogP contribution is 2.31. The molecule has 0 radical (unpaired) electrons. The van der Waals surface area contributed by atoms with E-state index in [4.69, 9.17) is 4.74 Å². The van der Waals surface area contributed by atoms with E-state index in [2.05, 4.69) is 20.3 Å². The minimum Gasteiger partial charge on any atom is -0.488 e. The van der Waals surface area contributed by atoms with E-state index in [0.29, 0.717) is 16.8 Å². The second kappa shape index (κ2) is 9.80. The van der Waals surface area contributed by atoms with Gasteiger partial charge >= 0.3 is 12.1 Å². The fourth-order valence-electron chi connectivity index (χ4n) is 3.37. The number of ether oxygens (including phenoxy) is 1. The van der Waals surface area contributed by atoms with Crippen LogP contribution in [0.15, 0.2) is 73.2 Å². The number of pyridine rings is 1. The molecule has 178 valence electrons. The molecule has 0 saturated heterocycles. The van der Waals surface area contributed by atoms with E-state index >= 15 is 0 Å². The molecule has 7 nitrogen and oxygen atoms in total. The molecule has 0 fully saturated rings. The van der Waals surface area contributed by atoms with E-state index in [1.807, 2.05) is 19.1 Å². The first-order chi connectivity index (χ1) is 16.7. The molecule has 35 heavy (non-hydrogen) atoms. The van der Waals surface area contributed by atoms with Crippen LogP contribution < -0.4 is 10.1 Å². The second-order valence-corrected chi connectivity index (χ2v) is 7.64. The fourth-order valence-corrected chi connectivity index (χ4v) is 3.37. The molecule has 0 bridgehead atoms. The number of aromatic nitrogens is 3. The summed E-state index contributed by atoms with van der Waals surface area (Å²) in [5, 5.41) is 12.5. The second-order valence-electron chi connectivity index (χ2n) is 7.64. The predicted molar refractivity (Wildman–Crippen MR) is 122 cm³/mol. The van der Waals surface area contributed by atoms with Gasteiger partial charge in [0.05, 0.1) is 0 Å². The summed E-state index contributed by atoms with van der Waals surface area (Å²) in [6.07, 6.45) is -0.307. The molecule has 2 aromatic carbocycles. The fraction of sp³-hybridized carbons (Fsp3) is 0.120. The van der Waals surface area contributed by atoms with Gasteiger partial charge in [0.2, 0.25) is 5.95 Å². The first-order valence-corrected chi connectivity index (χ1v) is 10.4. The van der Waals surface area contributed by atoms with Gasteiger partial charge < -0.3 is 15.2 Å². The SMILES string of the molecule is Cc1cc(Nc2nccc(C(F)(F)F)n2)cc(-c2ccc(OCc3cccnc3)c(C(=O)O)c2)c1. The van der Waals surface area contributed by atoms with Crippen molar-refractivity contribution in [1.29, 1.82) is 0 Å². The lowest BCUT2D eigenvalue weighted by molar-refractivity contribution is -0.141. The lowest BCUT2D eigenvalue weighted by Gasteiger charge is -2.13. The third kappa shape index (κ3) is 5.91. The first-order valence-electron chi connectivity index (χ1n) is 10.4. The molecule has 0 unspecified atom stereocenters. The lowest BCUT2D eigenvalue weighted by Crippen LogP contribution is -2.10. The van der Waals surface area contributed by atoms with Gasteiger partial charge in [0, 0.05) is 29.8 Å². The van der Waals surface area contributed by atoms with E-state index in [1.54, 1.807) is 42.7 Å².